The SMILES string of the molecule is CN(C)S(=O)(=O)N1CCCN(C(=O)NCC(C)(C)C)CC1. The van der Waals surface area contributed by atoms with Gasteiger partial charge in [-0.25, -0.2) is 4.79 Å². The summed E-state index contributed by atoms with van der Waals surface area (Å²) in [7, 11) is -0.356. The Morgan fingerprint density at radius 2 is 1.76 bits per heavy atom. The van der Waals surface area contributed by atoms with Crippen LogP contribution >= 0.6 is 0 Å². The second-order valence-electron chi connectivity index (χ2n) is 6.75. The summed E-state index contributed by atoms with van der Waals surface area (Å²) in [6.45, 7) is 8.55. The fourth-order valence-corrected chi connectivity index (χ4v) is 3.15. The van der Waals surface area contributed by atoms with E-state index < -0.39 is 10.2 Å². The molecule has 1 rings (SSSR count). The van der Waals surface area contributed by atoms with Crippen molar-refractivity contribution in [1.82, 2.24) is 18.8 Å². The van der Waals surface area contributed by atoms with Crippen molar-refractivity contribution in [3.8, 4) is 0 Å². The van der Waals surface area contributed by atoms with Gasteiger partial charge in [-0.05, 0) is 11.8 Å². The summed E-state index contributed by atoms with van der Waals surface area (Å²) in [5, 5.41) is 2.91. The lowest BCUT2D eigenvalue weighted by molar-refractivity contribution is 0.195. The molecule has 21 heavy (non-hydrogen) atoms. The molecular weight excluding hydrogens is 292 g/mol. The third kappa shape index (κ3) is 5.44. The van der Waals surface area contributed by atoms with Crippen LogP contribution in [0.2, 0.25) is 0 Å². The molecule has 0 bridgehead atoms. The van der Waals surface area contributed by atoms with Gasteiger partial charge in [-0.1, -0.05) is 20.8 Å². The molecule has 1 aliphatic rings. The maximum absolute atomic E-state index is 12.1. The van der Waals surface area contributed by atoms with Gasteiger partial charge >= 0.3 is 6.03 Å². The van der Waals surface area contributed by atoms with Crippen LogP contribution in [0.1, 0.15) is 27.2 Å². The molecular formula is C13H28N4O3S. The molecule has 0 unspecified atom stereocenters. The Kier molecular flexibility index (Phi) is 6.01. The first-order chi connectivity index (χ1) is 9.54. The lowest BCUT2D eigenvalue weighted by Gasteiger charge is -2.25. The van der Waals surface area contributed by atoms with Crippen LogP contribution in [0.15, 0.2) is 0 Å². The van der Waals surface area contributed by atoms with Crippen LogP contribution in [0.25, 0.3) is 0 Å². The van der Waals surface area contributed by atoms with Gasteiger partial charge in [-0.3, -0.25) is 0 Å². The molecule has 1 saturated heterocycles. The average Bonchev–Trinajstić information content (AvgIpc) is 2.60. The maximum Gasteiger partial charge on any atom is 0.317 e. The molecule has 0 spiro atoms. The van der Waals surface area contributed by atoms with Gasteiger partial charge in [0.2, 0.25) is 0 Å². The van der Waals surface area contributed by atoms with Gasteiger partial charge in [0.05, 0.1) is 0 Å². The van der Waals surface area contributed by atoms with Crippen LogP contribution in [0.4, 0.5) is 4.79 Å². The van der Waals surface area contributed by atoms with Gasteiger partial charge in [0.1, 0.15) is 0 Å². The molecule has 1 heterocycles. The van der Waals surface area contributed by atoms with Crippen molar-refractivity contribution in [2.45, 2.75) is 27.2 Å². The molecule has 2 amide bonds. The van der Waals surface area contributed by atoms with E-state index in [2.05, 4.69) is 26.1 Å². The lowest BCUT2D eigenvalue weighted by atomic mass is 9.97. The maximum atomic E-state index is 12.1. The van der Waals surface area contributed by atoms with E-state index in [-0.39, 0.29) is 11.4 Å². The second kappa shape index (κ2) is 6.93. The molecule has 1 fully saturated rings. The molecule has 8 heteroatoms. The fourth-order valence-electron chi connectivity index (χ4n) is 2.01. The Labute approximate surface area is 128 Å². The van der Waals surface area contributed by atoms with Gasteiger partial charge in [0.15, 0.2) is 0 Å². The van der Waals surface area contributed by atoms with Crippen molar-refractivity contribution in [3.63, 3.8) is 0 Å². The molecule has 0 aromatic rings. The van der Waals surface area contributed by atoms with Crippen LogP contribution in [0, 0.1) is 5.41 Å². The second-order valence-corrected chi connectivity index (χ2v) is 8.89. The zero-order valence-electron chi connectivity index (χ0n) is 13.7. The van der Waals surface area contributed by atoms with Gasteiger partial charge < -0.3 is 10.2 Å². The van der Waals surface area contributed by atoms with E-state index in [9.17, 15) is 13.2 Å². The van der Waals surface area contributed by atoms with Crippen LogP contribution in [-0.4, -0.2) is 74.8 Å². The number of carbonyl (C=O) groups is 1. The third-order valence-corrected chi connectivity index (χ3v) is 5.24. The fraction of sp³-hybridized carbons (Fsp3) is 0.923. The number of hydrogen-bond acceptors (Lipinski definition) is 3. The Bertz CT molecular complexity index is 457. The molecule has 1 N–H and O–H groups in total. The lowest BCUT2D eigenvalue weighted by Crippen LogP contribution is -2.45. The molecule has 0 aromatic carbocycles. The number of carbonyl (C=O) groups excluding carboxylic acids is 1. The number of hydrogen-bond donors (Lipinski definition) is 1. The minimum atomic E-state index is -3.40. The van der Waals surface area contributed by atoms with Crippen molar-refractivity contribution in [1.29, 1.82) is 0 Å². The summed E-state index contributed by atoms with van der Waals surface area (Å²) in [4.78, 5) is 13.8. The van der Waals surface area contributed by atoms with Crippen LogP contribution in [0.3, 0.4) is 0 Å². The van der Waals surface area contributed by atoms with Crippen molar-refractivity contribution in [2.75, 3.05) is 46.8 Å². The highest BCUT2D eigenvalue weighted by Gasteiger charge is 2.28. The Morgan fingerprint density at radius 3 is 2.29 bits per heavy atom. The highest BCUT2D eigenvalue weighted by Crippen LogP contribution is 2.12. The smallest absolute Gasteiger partial charge is 0.317 e. The molecule has 0 radical (unpaired) electrons. The Morgan fingerprint density at radius 1 is 1.14 bits per heavy atom. The van der Waals surface area contributed by atoms with Crippen LogP contribution in [-0.2, 0) is 10.2 Å². The van der Waals surface area contributed by atoms with Crippen molar-refractivity contribution < 1.29 is 13.2 Å². The molecule has 0 saturated carbocycles. The highest BCUT2D eigenvalue weighted by molar-refractivity contribution is 7.86. The minimum Gasteiger partial charge on any atom is -0.337 e. The zero-order valence-corrected chi connectivity index (χ0v) is 14.5. The standard InChI is InChI=1S/C13H28N4O3S/c1-13(2,3)11-14-12(18)16-7-6-8-17(10-9-16)21(19,20)15(4)5/h6-11H2,1-5H3,(H,14,18). The minimum absolute atomic E-state index is 0.0296. The summed E-state index contributed by atoms with van der Waals surface area (Å²) < 4.78 is 26.9. The summed E-state index contributed by atoms with van der Waals surface area (Å²) in [6.07, 6.45) is 0.649. The predicted molar refractivity (Wildman–Crippen MR) is 83.2 cm³/mol. The topological polar surface area (TPSA) is 73.0 Å². The highest BCUT2D eigenvalue weighted by atomic mass is 32.2. The Hall–Kier alpha value is -0.860. The monoisotopic (exact) mass is 320 g/mol. The van der Waals surface area contributed by atoms with E-state index in [1.165, 1.54) is 22.7 Å². The summed E-state index contributed by atoms with van der Waals surface area (Å²) in [6, 6.07) is -0.117. The Balaban J connectivity index is 2.59. The first-order valence-corrected chi connectivity index (χ1v) is 8.64. The largest absolute Gasteiger partial charge is 0.337 e. The van der Waals surface area contributed by atoms with Crippen molar-refractivity contribution in [2.24, 2.45) is 5.41 Å². The zero-order chi connectivity index (χ0) is 16.3. The quantitative estimate of drug-likeness (QED) is 0.825. The average molecular weight is 320 g/mol. The molecule has 7 nitrogen and oxygen atoms in total. The number of urea groups is 1. The molecule has 1 aliphatic heterocycles. The van der Waals surface area contributed by atoms with Crippen molar-refractivity contribution in [3.05, 3.63) is 0 Å². The van der Waals surface area contributed by atoms with E-state index in [1.807, 2.05) is 0 Å². The van der Waals surface area contributed by atoms with Crippen LogP contribution < -0.4 is 5.32 Å². The van der Waals surface area contributed by atoms with Gasteiger partial charge in [0.25, 0.3) is 10.2 Å². The van der Waals surface area contributed by atoms with E-state index in [4.69, 9.17) is 0 Å². The number of nitrogens with zero attached hydrogens (tertiary/aromatic N) is 3. The number of rotatable bonds is 3. The van der Waals surface area contributed by atoms with E-state index >= 15 is 0 Å². The van der Waals surface area contributed by atoms with E-state index in [0.29, 0.717) is 39.1 Å². The molecule has 0 aromatic heterocycles. The summed E-state index contributed by atoms with van der Waals surface area (Å²) in [5.41, 5.74) is 0.0296. The summed E-state index contributed by atoms with van der Waals surface area (Å²) in [5.74, 6) is 0. The first kappa shape index (κ1) is 18.2. The normalized spacial score (nSPS) is 18.7. The molecule has 0 atom stereocenters. The van der Waals surface area contributed by atoms with Gasteiger partial charge in [-0.15, -0.1) is 0 Å². The number of nitrogens with one attached hydrogen (secondary N) is 1. The first-order valence-electron chi connectivity index (χ1n) is 7.24. The third-order valence-electron chi connectivity index (χ3n) is 3.30. The predicted octanol–water partition coefficient (Wildman–Crippen LogP) is 0.556. The number of amides is 2. The summed E-state index contributed by atoms with van der Waals surface area (Å²) >= 11 is 0. The van der Waals surface area contributed by atoms with E-state index in [0.717, 1.165) is 0 Å². The van der Waals surface area contributed by atoms with Gasteiger partial charge in [0, 0.05) is 46.8 Å². The van der Waals surface area contributed by atoms with Crippen molar-refractivity contribution >= 4 is 16.2 Å². The molecule has 124 valence electrons. The van der Waals surface area contributed by atoms with E-state index in [1.54, 1.807) is 4.90 Å². The van der Waals surface area contributed by atoms with Gasteiger partial charge in [-0.2, -0.15) is 17.0 Å². The van der Waals surface area contributed by atoms with Crippen LogP contribution in [0.5, 0.6) is 0 Å². The molecule has 0 aliphatic carbocycles.